The summed E-state index contributed by atoms with van der Waals surface area (Å²) in [5.74, 6) is 1.57. The summed E-state index contributed by atoms with van der Waals surface area (Å²) in [5, 5.41) is 0. The molecule has 2 heterocycles. The molecule has 1 atom stereocenters. The van der Waals surface area contributed by atoms with Gasteiger partial charge in [0.25, 0.3) is 0 Å². The summed E-state index contributed by atoms with van der Waals surface area (Å²) >= 11 is 0. The summed E-state index contributed by atoms with van der Waals surface area (Å²) in [6.07, 6.45) is 0.992. The van der Waals surface area contributed by atoms with E-state index < -0.39 is 0 Å². The lowest BCUT2D eigenvalue weighted by Crippen LogP contribution is -2.27. The van der Waals surface area contributed by atoms with Crippen molar-refractivity contribution in [2.75, 3.05) is 52.3 Å². The Labute approximate surface area is 110 Å². The van der Waals surface area contributed by atoms with Crippen molar-refractivity contribution < 1.29 is 4.74 Å². The van der Waals surface area contributed by atoms with Gasteiger partial charge in [-0.05, 0) is 25.6 Å². The Morgan fingerprint density at radius 3 is 3.06 bits per heavy atom. The van der Waals surface area contributed by atoms with Crippen molar-refractivity contribution in [2.45, 2.75) is 6.42 Å². The van der Waals surface area contributed by atoms with E-state index in [0.29, 0.717) is 5.92 Å². The Morgan fingerprint density at radius 2 is 2.28 bits per heavy atom. The molecule has 4 heteroatoms. The van der Waals surface area contributed by atoms with Crippen molar-refractivity contribution in [3.8, 4) is 0 Å². The number of rotatable bonds is 3. The number of hydrogen-bond donors (Lipinski definition) is 0. The van der Waals surface area contributed by atoms with Gasteiger partial charge in [0.05, 0.1) is 13.2 Å². The molecule has 0 aliphatic carbocycles. The fourth-order valence-corrected chi connectivity index (χ4v) is 2.30. The van der Waals surface area contributed by atoms with E-state index in [2.05, 4.69) is 29.1 Å². The van der Waals surface area contributed by atoms with Gasteiger partial charge in [-0.1, -0.05) is 6.07 Å². The predicted octanol–water partition coefficient (Wildman–Crippen LogP) is 1.27. The van der Waals surface area contributed by atoms with Crippen LogP contribution in [-0.4, -0.2) is 57.3 Å². The molecule has 4 nitrogen and oxygen atoms in total. The average Bonchev–Trinajstić information content (AvgIpc) is 2.54. The van der Waals surface area contributed by atoms with Crippen LogP contribution in [0.25, 0.3) is 0 Å². The highest BCUT2D eigenvalue weighted by Crippen LogP contribution is 2.14. The van der Waals surface area contributed by atoms with Crippen molar-refractivity contribution >= 4 is 5.82 Å². The lowest BCUT2D eigenvalue weighted by Gasteiger charge is -2.19. The molecule has 0 bridgehead atoms. The molecule has 0 N–H and O–H groups in total. The minimum atomic E-state index is 0.544. The van der Waals surface area contributed by atoms with Crippen LogP contribution in [0.3, 0.4) is 0 Å². The number of nitrogens with zero attached hydrogens (tertiary/aromatic N) is 3. The zero-order valence-corrected chi connectivity index (χ0v) is 11.6. The molecule has 1 saturated heterocycles. The van der Waals surface area contributed by atoms with Crippen LogP contribution in [0.5, 0.6) is 0 Å². The Morgan fingerprint density at radius 1 is 1.44 bits per heavy atom. The third-order valence-corrected chi connectivity index (χ3v) is 3.29. The molecule has 1 fully saturated rings. The van der Waals surface area contributed by atoms with Gasteiger partial charge in [-0.2, -0.15) is 0 Å². The first-order chi connectivity index (χ1) is 8.65. The Hall–Kier alpha value is -1.13. The molecule has 1 aromatic heterocycles. The minimum Gasteiger partial charge on any atom is -0.380 e. The Bertz CT molecular complexity index is 381. The molecule has 18 heavy (non-hydrogen) atoms. The quantitative estimate of drug-likeness (QED) is 0.806. The second-order valence-corrected chi connectivity index (χ2v) is 5.29. The Balaban J connectivity index is 2.01. The lowest BCUT2D eigenvalue weighted by atomic mass is 10.0. The molecule has 0 saturated carbocycles. The van der Waals surface area contributed by atoms with E-state index in [1.165, 1.54) is 0 Å². The van der Waals surface area contributed by atoms with Crippen LogP contribution in [-0.2, 0) is 11.2 Å². The average molecular weight is 249 g/mol. The normalized spacial score (nSPS) is 21.6. The van der Waals surface area contributed by atoms with E-state index in [1.807, 2.05) is 25.1 Å². The van der Waals surface area contributed by atoms with Gasteiger partial charge in [0.15, 0.2) is 0 Å². The van der Waals surface area contributed by atoms with Crippen molar-refractivity contribution in [3.63, 3.8) is 0 Å². The molecule has 1 aliphatic rings. The Kier molecular flexibility index (Phi) is 4.55. The highest BCUT2D eigenvalue weighted by molar-refractivity contribution is 5.37. The van der Waals surface area contributed by atoms with Crippen molar-refractivity contribution in [1.29, 1.82) is 0 Å². The van der Waals surface area contributed by atoms with Crippen LogP contribution in [0.4, 0.5) is 5.82 Å². The smallest absolute Gasteiger partial charge is 0.128 e. The summed E-state index contributed by atoms with van der Waals surface area (Å²) < 4.78 is 5.65. The molecule has 0 spiro atoms. The highest BCUT2D eigenvalue weighted by atomic mass is 16.5. The maximum atomic E-state index is 5.65. The fourth-order valence-electron chi connectivity index (χ4n) is 2.30. The van der Waals surface area contributed by atoms with E-state index in [-0.39, 0.29) is 0 Å². The number of ether oxygens (including phenoxy) is 1. The highest BCUT2D eigenvalue weighted by Gasteiger charge is 2.17. The summed E-state index contributed by atoms with van der Waals surface area (Å²) in [5.41, 5.74) is 1.16. The van der Waals surface area contributed by atoms with Gasteiger partial charge in [0.1, 0.15) is 5.82 Å². The first kappa shape index (κ1) is 13.3. The van der Waals surface area contributed by atoms with Crippen LogP contribution >= 0.6 is 0 Å². The zero-order chi connectivity index (χ0) is 13.0. The number of pyridine rings is 1. The summed E-state index contributed by atoms with van der Waals surface area (Å²) in [6.45, 7) is 3.81. The van der Waals surface area contributed by atoms with Crippen LogP contribution in [0.2, 0.25) is 0 Å². The topological polar surface area (TPSA) is 28.6 Å². The van der Waals surface area contributed by atoms with Gasteiger partial charge in [-0.3, -0.25) is 0 Å². The number of likely N-dealkylation sites (N-methyl/N-ethyl adjacent to an activating group) is 1. The van der Waals surface area contributed by atoms with Gasteiger partial charge in [-0.25, -0.2) is 4.98 Å². The van der Waals surface area contributed by atoms with E-state index in [0.717, 1.165) is 44.2 Å². The van der Waals surface area contributed by atoms with Gasteiger partial charge in [-0.15, -0.1) is 0 Å². The third kappa shape index (κ3) is 3.68. The first-order valence-corrected chi connectivity index (χ1v) is 6.54. The standard InChI is InChI=1S/C14H23N3O/c1-16(2)14-6-4-5-13(15-14)9-12-10-17(3)7-8-18-11-12/h4-6,12H,7-11H2,1-3H3. The number of anilines is 1. The molecular formula is C14H23N3O. The maximum absolute atomic E-state index is 5.65. The zero-order valence-electron chi connectivity index (χ0n) is 11.6. The summed E-state index contributed by atoms with van der Waals surface area (Å²) in [4.78, 5) is 9.06. The van der Waals surface area contributed by atoms with Crippen LogP contribution in [0, 0.1) is 5.92 Å². The SMILES string of the molecule is CN1CCOCC(Cc2cccc(N(C)C)n2)C1. The molecular weight excluding hydrogens is 226 g/mol. The van der Waals surface area contributed by atoms with Crippen LogP contribution in [0.15, 0.2) is 18.2 Å². The molecule has 1 aromatic rings. The predicted molar refractivity (Wildman–Crippen MR) is 74.1 cm³/mol. The maximum Gasteiger partial charge on any atom is 0.128 e. The van der Waals surface area contributed by atoms with Crippen molar-refractivity contribution in [1.82, 2.24) is 9.88 Å². The molecule has 1 aliphatic heterocycles. The summed E-state index contributed by atoms with van der Waals surface area (Å²) in [7, 11) is 6.20. The fraction of sp³-hybridized carbons (Fsp3) is 0.643. The van der Waals surface area contributed by atoms with Gasteiger partial charge in [0, 0.05) is 38.8 Å². The van der Waals surface area contributed by atoms with Gasteiger partial charge in [0.2, 0.25) is 0 Å². The lowest BCUT2D eigenvalue weighted by molar-refractivity contribution is 0.122. The largest absolute Gasteiger partial charge is 0.380 e. The molecule has 0 radical (unpaired) electrons. The van der Waals surface area contributed by atoms with E-state index in [9.17, 15) is 0 Å². The molecule has 0 amide bonds. The second kappa shape index (κ2) is 6.16. The number of aromatic nitrogens is 1. The monoisotopic (exact) mass is 249 g/mol. The molecule has 100 valence electrons. The summed E-state index contributed by atoms with van der Waals surface area (Å²) in [6, 6.07) is 6.23. The second-order valence-electron chi connectivity index (χ2n) is 5.29. The van der Waals surface area contributed by atoms with E-state index in [1.54, 1.807) is 0 Å². The van der Waals surface area contributed by atoms with Gasteiger partial charge < -0.3 is 14.5 Å². The molecule has 0 aromatic carbocycles. The van der Waals surface area contributed by atoms with Crippen molar-refractivity contribution in [2.24, 2.45) is 5.92 Å². The van der Waals surface area contributed by atoms with E-state index in [4.69, 9.17) is 4.74 Å². The number of hydrogen-bond acceptors (Lipinski definition) is 4. The third-order valence-electron chi connectivity index (χ3n) is 3.29. The molecule has 2 rings (SSSR count). The molecule has 1 unspecified atom stereocenters. The van der Waals surface area contributed by atoms with E-state index >= 15 is 0 Å². The first-order valence-electron chi connectivity index (χ1n) is 6.54. The van der Waals surface area contributed by atoms with Crippen LogP contribution in [0.1, 0.15) is 5.69 Å². The van der Waals surface area contributed by atoms with Crippen LogP contribution < -0.4 is 4.90 Å². The minimum absolute atomic E-state index is 0.544. The van der Waals surface area contributed by atoms with Crippen molar-refractivity contribution in [3.05, 3.63) is 23.9 Å². The van der Waals surface area contributed by atoms with Gasteiger partial charge >= 0.3 is 0 Å².